The molecule has 114 valence electrons. The maximum absolute atomic E-state index is 12.4. The average Bonchev–Trinajstić information content (AvgIpc) is 2.94. The lowest BCUT2D eigenvalue weighted by Gasteiger charge is -2.48. The van der Waals surface area contributed by atoms with Gasteiger partial charge in [-0.25, -0.2) is 0 Å². The Labute approximate surface area is 122 Å². The molecule has 20 heavy (non-hydrogen) atoms. The first-order chi connectivity index (χ1) is 9.43. The van der Waals surface area contributed by atoms with Gasteiger partial charge in [0.1, 0.15) is 0 Å². The van der Waals surface area contributed by atoms with Crippen LogP contribution in [0.1, 0.15) is 40.0 Å². The molecule has 4 nitrogen and oxygen atoms in total. The van der Waals surface area contributed by atoms with E-state index < -0.39 is 0 Å². The average molecular weight is 280 g/mol. The molecule has 1 aliphatic heterocycles. The Hall–Kier alpha value is -0.610. The van der Waals surface area contributed by atoms with E-state index in [4.69, 9.17) is 4.74 Å². The van der Waals surface area contributed by atoms with E-state index in [9.17, 15) is 4.79 Å². The SMILES string of the molecule is CC1(C)[C@@H]2CC[C@H](C2)[C@@]1(C)NC(=O)CN1CCOCC1. The fourth-order valence-corrected chi connectivity index (χ4v) is 4.67. The molecule has 3 rings (SSSR count). The molecule has 0 aromatic carbocycles. The third-order valence-corrected chi connectivity index (χ3v) is 6.48. The molecule has 1 heterocycles. The predicted octanol–water partition coefficient (Wildman–Crippen LogP) is 1.65. The molecular formula is C16H28N2O2. The number of rotatable bonds is 3. The van der Waals surface area contributed by atoms with Gasteiger partial charge in [0.25, 0.3) is 0 Å². The van der Waals surface area contributed by atoms with E-state index in [1.807, 2.05) is 0 Å². The molecule has 1 amide bonds. The molecule has 0 aromatic rings. The van der Waals surface area contributed by atoms with Gasteiger partial charge in [0.05, 0.1) is 19.8 Å². The first kappa shape index (κ1) is 14.3. The summed E-state index contributed by atoms with van der Waals surface area (Å²) in [7, 11) is 0. The summed E-state index contributed by atoms with van der Waals surface area (Å²) in [4.78, 5) is 14.6. The molecule has 1 saturated heterocycles. The van der Waals surface area contributed by atoms with E-state index in [-0.39, 0.29) is 16.9 Å². The topological polar surface area (TPSA) is 41.6 Å². The van der Waals surface area contributed by atoms with Crippen LogP contribution in [0, 0.1) is 17.3 Å². The van der Waals surface area contributed by atoms with Crippen molar-refractivity contribution in [2.75, 3.05) is 32.8 Å². The summed E-state index contributed by atoms with van der Waals surface area (Å²) in [6.45, 7) is 10.7. The Bertz CT molecular complexity index is 390. The zero-order chi connectivity index (χ0) is 14.4. The number of carbonyl (C=O) groups excluding carboxylic acids is 1. The second-order valence-electron chi connectivity index (χ2n) is 7.57. The minimum Gasteiger partial charge on any atom is -0.379 e. The first-order valence-electron chi connectivity index (χ1n) is 8.04. The number of hydrogen-bond donors (Lipinski definition) is 1. The highest BCUT2D eigenvalue weighted by atomic mass is 16.5. The van der Waals surface area contributed by atoms with Crippen molar-refractivity contribution in [1.82, 2.24) is 10.2 Å². The Kier molecular flexibility index (Phi) is 3.57. The van der Waals surface area contributed by atoms with Gasteiger partial charge in [-0.15, -0.1) is 0 Å². The molecule has 1 N–H and O–H groups in total. The van der Waals surface area contributed by atoms with Crippen LogP contribution in [0.25, 0.3) is 0 Å². The number of amides is 1. The van der Waals surface area contributed by atoms with Crippen LogP contribution < -0.4 is 5.32 Å². The van der Waals surface area contributed by atoms with Crippen molar-refractivity contribution in [3.8, 4) is 0 Å². The Morgan fingerprint density at radius 2 is 1.85 bits per heavy atom. The van der Waals surface area contributed by atoms with E-state index in [0.717, 1.165) is 32.2 Å². The minimum atomic E-state index is -0.0285. The summed E-state index contributed by atoms with van der Waals surface area (Å²) in [5.41, 5.74) is 0.190. The van der Waals surface area contributed by atoms with Crippen LogP contribution in [0.5, 0.6) is 0 Å². The number of carbonyl (C=O) groups is 1. The van der Waals surface area contributed by atoms with E-state index >= 15 is 0 Å². The standard InChI is InChI=1S/C16H28N2O2/c1-15(2)12-4-5-13(10-12)16(15,3)17-14(19)11-18-6-8-20-9-7-18/h12-13H,4-11H2,1-3H3,(H,17,19)/t12-,13-,16-/m1/s1. The van der Waals surface area contributed by atoms with Crippen LogP contribution in [0.3, 0.4) is 0 Å². The molecule has 4 heteroatoms. The van der Waals surface area contributed by atoms with Gasteiger partial charge in [-0.2, -0.15) is 0 Å². The molecule has 3 fully saturated rings. The minimum absolute atomic E-state index is 0.0285. The number of fused-ring (bicyclic) bond motifs is 2. The van der Waals surface area contributed by atoms with Gasteiger partial charge >= 0.3 is 0 Å². The fraction of sp³-hybridized carbons (Fsp3) is 0.938. The number of ether oxygens (including phenoxy) is 1. The molecule has 0 aromatic heterocycles. The van der Waals surface area contributed by atoms with Crippen LogP contribution in [0.4, 0.5) is 0 Å². The van der Waals surface area contributed by atoms with Crippen molar-refractivity contribution < 1.29 is 9.53 Å². The Balaban J connectivity index is 1.63. The number of nitrogens with one attached hydrogen (secondary N) is 1. The smallest absolute Gasteiger partial charge is 0.234 e. The second kappa shape index (κ2) is 4.99. The van der Waals surface area contributed by atoms with Crippen molar-refractivity contribution >= 4 is 5.91 Å². The van der Waals surface area contributed by atoms with E-state index in [2.05, 4.69) is 31.0 Å². The van der Waals surface area contributed by atoms with Crippen LogP contribution in [-0.2, 0) is 9.53 Å². The van der Waals surface area contributed by atoms with Gasteiger partial charge in [0, 0.05) is 18.6 Å². The summed E-state index contributed by atoms with van der Waals surface area (Å²) in [5, 5.41) is 3.40. The van der Waals surface area contributed by atoms with E-state index in [0.29, 0.717) is 12.5 Å². The van der Waals surface area contributed by atoms with Gasteiger partial charge in [-0.3, -0.25) is 9.69 Å². The lowest BCUT2D eigenvalue weighted by molar-refractivity contribution is -0.127. The van der Waals surface area contributed by atoms with Crippen molar-refractivity contribution in [3.63, 3.8) is 0 Å². The lowest BCUT2D eigenvalue weighted by atomic mass is 9.64. The molecule has 0 radical (unpaired) electrons. The molecule has 2 aliphatic carbocycles. The van der Waals surface area contributed by atoms with Gasteiger partial charge in [0.15, 0.2) is 0 Å². The first-order valence-corrected chi connectivity index (χ1v) is 8.04. The third kappa shape index (κ3) is 2.17. The number of hydrogen-bond acceptors (Lipinski definition) is 3. The largest absolute Gasteiger partial charge is 0.379 e. The van der Waals surface area contributed by atoms with Gasteiger partial charge in [0.2, 0.25) is 5.91 Å². The highest BCUT2D eigenvalue weighted by molar-refractivity contribution is 5.79. The molecule has 2 saturated carbocycles. The molecule has 0 spiro atoms. The van der Waals surface area contributed by atoms with Crippen LogP contribution in [0.2, 0.25) is 0 Å². The van der Waals surface area contributed by atoms with Crippen molar-refractivity contribution in [2.24, 2.45) is 17.3 Å². The molecule has 2 bridgehead atoms. The van der Waals surface area contributed by atoms with E-state index in [1.54, 1.807) is 0 Å². The predicted molar refractivity (Wildman–Crippen MR) is 78.4 cm³/mol. The highest BCUT2D eigenvalue weighted by Crippen LogP contribution is 2.61. The monoisotopic (exact) mass is 280 g/mol. The number of morpholine rings is 1. The Morgan fingerprint density at radius 1 is 1.20 bits per heavy atom. The molecular weight excluding hydrogens is 252 g/mol. The van der Waals surface area contributed by atoms with Gasteiger partial charge in [-0.05, 0) is 43.4 Å². The maximum Gasteiger partial charge on any atom is 0.234 e. The Morgan fingerprint density at radius 3 is 2.45 bits per heavy atom. The van der Waals surface area contributed by atoms with Crippen molar-refractivity contribution in [3.05, 3.63) is 0 Å². The zero-order valence-corrected chi connectivity index (χ0v) is 13.1. The molecule has 3 aliphatic rings. The summed E-state index contributed by atoms with van der Waals surface area (Å²) >= 11 is 0. The normalized spacial score (nSPS) is 40.0. The maximum atomic E-state index is 12.4. The van der Waals surface area contributed by atoms with Crippen LogP contribution >= 0.6 is 0 Å². The van der Waals surface area contributed by atoms with Crippen molar-refractivity contribution in [2.45, 2.75) is 45.6 Å². The van der Waals surface area contributed by atoms with Crippen LogP contribution in [0.15, 0.2) is 0 Å². The fourth-order valence-electron chi connectivity index (χ4n) is 4.67. The summed E-state index contributed by atoms with van der Waals surface area (Å²) < 4.78 is 5.33. The summed E-state index contributed by atoms with van der Waals surface area (Å²) in [5.74, 6) is 1.63. The second-order valence-corrected chi connectivity index (χ2v) is 7.57. The molecule has 3 atom stereocenters. The van der Waals surface area contributed by atoms with Gasteiger partial charge in [-0.1, -0.05) is 13.8 Å². The quantitative estimate of drug-likeness (QED) is 0.854. The highest BCUT2D eigenvalue weighted by Gasteiger charge is 2.60. The number of nitrogens with zero attached hydrogens (tertiary/aromatic N) is 1. The van der Waals surface area contributed by atoms with E-state index in [1.165, 1.54) is 19.3 Å². The summed E-state index contributed by atoms with van der Waals surface area (Å²) in [6.07, 6.45) is 3.91. The van der Waals surface area contributed by atoms with Gasteiger partial charge < -0.3 is 10.1 Å². The third-order valence-electron chi connectivity index (χ3n) is 6.48. The van der Waals surface area contributed by atoms with Crippen molar-refractivity contribution in [1.29, 1.82) is 0 Å². The molecule has 0 unspecified atom stereocenters. The summed E-state index contributed by atoms with van der Waals surface area (Å²) in [6, 6.07) is 0. The zero-order valence-electron chi connectivity index (χ0n) is 13.1. The lowest BCUT2D eigenvalue weighted by Crippen LogP contribution is -2.60. The van der Waals surface area contributed by atoms with Crippen LogP contribution in [-0.4, -0.2) is 49.2 Å².